The van der Waals surface area contributed by atoms with Crippen LogP contribution in [0.25, 0.3) is 0 Å². The van der Waals surface area contributed by atoms with Gasteiger partial charge >= 0.3 is 0 Å². The molecule has 1 unspecified atom stereocenters. The highest BCUT2D eigenvalue weighted by atomic mass is 16.2. The zero-order valence-electron chi connectivity index (χ0n) is 14.7. The average Bonchev–Trinajstić information content (AvgIpc) is 2.54. The van der Waals surface area contributed by atoms with Crippen LogP contribution in [0.5, 0.6) is 0 Å². The van der Waals surface area contributed by atoms with Gasteiger partial charge in [-0.2, -0.15) is 0 Å². The molecule has 1 heterocycles. The Hall–Kier alpha value is -2.36. The maximum Gasteiger partial charge on any atom is 0.250 e. The van der Waals surface area contributed by atoms with Crippen molar-refractivity contribution in [1.29, 1.82) is 0 Å². The molecule has 0 saturated heterocycles. The van der Waals surface area contributed by atoms with Crippen LogP contribution in [0.2, 0.25) is 0 Å². The first kappa shape index (κ1) is 18.0. The second-order valence-corrected chi connectivity index (χ2v) is 6.61. The number of benzene rings is 1. The molecule has 0 spiro atoms. The molecule has 0 radical (unpaired) electrons. The van der Waals surface area contributed by atoms with Crippen molar-refractivity contribution in [2.45, 2.75) is 46.2 Å². The molecule has 1 atom stereocenters. The van der Waals surface area contributed by atoms with E-state index in [1.165, 1.54) is 11.6 Å². The second-order valence-electron chi connectivity index (χ2n) is 6.61. The zero-order chi connectivity index (χ0) is 17.5. The Morgan fingerprint density at radius 2 is 1.79 bits per heavy atom. The number of rotatable bonds is 7. The maximum atomic E-state index is 12.1. The molecule has 0 aliphatic heterocycles. The highest BCUT2D eigenvalue weighted by molar-refractivity contribution is 5.76. The first-order valence-corrected chi connectivity index (χ1v) is 8.49. The summed E-state index contributed by atoms with van der Waals surface area (Å²) in [4.78, 5) is 23.7. The predicted octanol–water partition coefficient (Wildman–Crippen LogP) is 3.31. The summed E-state index contributed by atoms with van der Waals surface area (Å²) in [6.45, 7) is 6.78. The molecule has 1 aromatic heterocycles. The molecule has 0 aliphatic rings. The van der Waals surface area contributed by atoms with Crippen molar-refractivity contribution in [3.63, 3.8) is 0 Å². The molecule has 4 nitrogen and oxygen atoms in total. The van der Waals surface area contributed by atoms with Gasteiger partial charge in [0, 0.05) is 25.2 Å². The minimum absolute atomic E-state index is 0.0434. The van der Waals surface area contributed by atoms with E-state index in [9.17, 15) is 9.59 Å². The molecular weight excluding hydrogens is 300 g/mol. The van der Waals surface area contributed by atoms with E-state index in [1.54, 1.807) is 22.9 Å². The van der Waals surface area contributed by atoms with Gasteiger partial charge in [0.05, 0.1) is 6.04 Å². The molecule has 0 bridgehead atoms. The van der Waals surface area contributed by atoms with E-state index in [-0.39, 0.29) is 17.5 Å². The average molecular weight is 326 g/mol. The van der Waals surface area contributed by atoms with Gasteiger partial charge in [-0.25, -0.2) is 0 Å². The summed E-state index contributed by atoms with van der Waals surface area (Å²) in [5, 5.41) is 2.99. The fourth-order valence-electron chi connectivity index (χ4n) is 2.68. The zero-order valence-corrected chi connectivity index (χ0v) is 14.7. The Morgan fingerprint density at radius 3 is 2.42 bits per heavy atom. The van der Waals surface area contributed by atoms with Crippen LogP contribution in [0, 0.1) is 5.92 Å². The highest BCUT2D eigenvalue weighted by Crippen LogP contribution is 2.15. The van der Waals surface area contributed by atoms with Crippen LogP contribution in [0.4, 0.5) is 0 Å². The quantitative estimate of drug-likeness (QED) is 0.848. The minimum Gasteiger partial charge on any atom is -0.350 e. The molecule has 128 valence electrons. The van der Waals surface area contributed by atoms with E-state index < -0.39 is 0 Å². The van der Waals surface area contributed by atoms with Crippen molar-refractivity contribution in [3.05, 3.63) is 70.1 Å². The van der Waals surface area contributed by atoms with Crippen LogP contribution in [0.3, 0.4) is 0 Å². The van der Waals surface area contributed by atoms with Gasteiger partial charge in [-0.15, -0.1) is 0 Å². The van der Waals surface area contributed by atoms with Gasteiger partial charge < -0.3 is 9.88 Å². The number of pyridine rings is 1. The monoisotopic (exact) mass is 326 g/mol. The lowest BCUT2D eigenvalue weighted by molar-refractivity contribution is -0.121. The molecule has 1 N–H and O–H groups in total. The fraction of sp³-hybridized carbons (Fsp3) is 0.400. The third kappa shape index (κ3) is 5.37. The van der Waals surface area contributed by atoms with Gasteiger partial charge in [0.15, 0.2) is 0 Å². The SMILES string of the molecule is CC(C)Cc1ccc(C(C)NC(=O)CCn2ccccc2=O)cc1. The van der Waals surface area contributed by atoms with Crippen molar-refractivity contribution in [3.8, 4) is 0 Å². The Labute approximate surface area is 143 Å². The van der Waals surface area contributed by atoms with Crippen LogP contribution in [-0.2, 0) is 17.8 Å². The van der Waals surface area contributed by atoms with Gasteiger partial charge in [0.2, 0.25) is 5.91 Å². The normalized spacial score (nSPS) is 12.2. The van der Waals surface area contributed by atoms with E-state index in [1.807, 2.05) is 6.92 Å². The number of carbonyl (C=O) groups excluding carboxylic acids is 1. The van der Waals surface area contributed by atoms with Gasteiger partial charge in [0.1, 0.15) is 0 Å². The molecular formula is C20H26N2O2. The smallest absolute Gasteiger partial charge is 0.250 e. The minimum atomic E-state index is -0.0842. The Balaban J connectivity index is 1.87. The first-order chi connectivity index (χ1) is 11.5. The lowest BCUT2D eigenvalue weighted by Crippen LogP contribution is -2.29. The Morgan fingerprint density at radius 1 is 1.08 bits per heavy atom. The van der Waals surface area contributed by atoms with E-state index in [4.69, 9.17) is 0 Å². The summed E-state index contributed by atoms with van der Waals surface area (Å²) in [5.74, 6) is 0.582. The topological polar surface area (TPSA) is 51.1 Å². The summed E-state index contributed by atoms with van der Waals surface area (Å²) < 4.78 is 1.55. The Kier molecular flexibility index (Phi) is 6.36. The van der Waals surface area contributed by atoms with Crippen molar-refractivity contribution in [2.24, 2.45) is 5.92 Å². The molecule has 4 heteroatoms. The number of hydrogen-bond donors (Lipinski definition) is 1. The summed E-state index contributed by atoms with van der Waals surface area (Å²) in [5.41, 5.74) is 2.32. The van der Waals surface area contributed by atoms with Crippen LogP contribution < -0.4 is 10.9 Å². The van der Waals surface area contributed by atoms with Crippen molar-refractivity contribution in [1.82, 2.24) is 9.88 Å². The van der Waals surface area contributed by atoms with Crippen molar-refractivity contribution in [2.75, 3.05) is 0 Å². The molecule has 2 aromatic rings. The van der Waals surface area contributed by atoms with Crippen molar-refractivity contribution >= 4 is 5.91 Å². The number of carbonyl (C=O) groups is 1. The van der Waals surface area contributed by atoms with Gasteiger partial charge in [0.25, 0.3) is 5.56 Å². The number of amides is 1. The second kappa shape index (κ2) is 8.48. The van der Waals surface area contributed by atoms with Crippen LogP contribution in [0.15, 0.2) is 53.5 Å². The molecule has 2 rings (SSSR count). The molecule has 0 aliphatic carbocycles. The maximum absolute atomic E-state index is 12.1. The summed E-state index contributed by atoms with van der Waals surface area (Å²) in [6, 6.07) is 13.3. The van der Waals surface area contributed by atoms with Crippen molar-refractivity contribution < 1.29 is 4.79 Å². The van der Waals surface area contributed by atoms with E-state index >= 15 is 0 Å². The lowest BCUT2D eigenvalue weighted by atomic mass is 10.00. The lowest BCUT2D eigenvalue weighted by Gasteiger charge is -2.15. The van der Waals surface area contributed by atoms with E-state index in [2.05, 4.69) is 43.4 Å². The number of nitrogens with one attached hydrogen (secondary N) is 1. The van der Waals surface area contributed by atoms with Crippen LogP contribution >= 0.6 is 0 Å². The number of hydrogen-bond acceptors (Lipinski definition) is 2. The molecule has 24 heavy (non-hydrogen) atoms. The predicted molar refractivity (Wildman–Crippen MR) is 96.9 cm³/mol. The number of nitrogens with zero attached hydrogens (tertiary/aromatic N) is 1. The van der Waals surface area contributed by atoms with Gasteiger partial charge in [-0.3, -0.25) is 9.59 Å². The standard InChI is InChI=1S/C20H26N2O2/c1-15(2)14-17-7-9-18(10-8-17)16(3)21-19(23)11-13-22-12-5-4-6-20(22)24/h4-10,12,15-16H,11,13-14H2,1-3H3,(H,21,23). The fourth-order valence-corrected chi connectivity index (χ4v) is 2.68. The number of aryl methyl sites for hydroxylation is 1. The third-order valence-corrected chi connectivity index (χ3v) is 3.98. The molecule has 0 fully saturated rings. The summed E-state index contributed by atoms with van der Waals surface area (Å²) in [7, 11) is 0. The summed E-state index contributed by atoms with van der Waals surface area (Å²) in [6.07, 6.45) is 3.05. The van der Waals surface area contributed by atoms with E-state index in [0.29, 0.717) is 18.9 Å². The summed E-state index contributed by atoms with van der Waals surface area (Å²) >= 11 is 0. The highest BCUT2D eigenvalue weighted by Gasteiger charge is 2.10. The molecule has 0 saturated carbocycles. The largest absolute Gasteiger partial charge is 0.350 e. The van der Waals surface area contributed by atoms with Crippen LogP contribution in [-0.4, -0.2) is 10.5 Å². The van der Waals surface area contributed by atoms with E-state index in [0.717, 1.165) is 12.0 Å². The van der Waals surface area contributed by atoms with Gasteiger partial charge in [-0.1, -0.05) is 44.2 Å². The van der Waals surface area contributed by atoms with Crippen LogP contribution in [0.1, 0.15) is 44.4 Å². The van der Waals surface area contributed by atoms with Gasteiger partial charge in [-0.05, 0) is 36.5 Å². The first-order valence-electron chi connectivity index (χ1n) is 8.49. The number of aromatic nitrogens is 1. The Bertz CT molecular complexity index is 717. The molecule has 1 amide bonds. The third-order valence-electron chi connectivity index (χ3n) is 3.98. The molecule has 1 aromatic carbocycles.